The molecular formula is C28H27Cl3N4O2. The summed E-state index contributed by atoms with van der Waals surface area (Å²) in [6.07, 6.45) is 1.69. The van der Waals surface area contributed by atoms with Gasteiger partial charge in [-0.2, -0.15) is 0 Å². The van der Waals surface area contributed by atoms with Crippen molar-refractivity contribution in [2.75, 3.05) is 13.6 Å². The fraction of sp³-hybridized carbons (Fsp3) is 0.250. The molecule has 37 heavy (non-hydrogen) atoms. The highest BCUT2D eigenvalue weighted by Gasteiger charge is 2.17. The molecule has 192 valence electrons. The quantitative estimate of drug-likeness (QED) is 0.234. The van der Waals surface area contributed by atoms with Crippen LogP contribution in [0.4, 0.5) is 0 Å². The summed E-state index contributed by atoms with van der Waals surface area (Å²) >= 11 is 18.4. The highest BCUT2D eigenvalue weighted by molar-refractivity contribution is 6.35. The van der Waals surface area contributed by atoms with Gasteiger partial charge in [0.2, 0.25) is 11.5 Å². The topological polar surface area (TPSA) is 71.1 Å². The van der Waals surface area contributed by atoms with Gasteiger partial charge in [-0.1, -0.05) is 53.0 Å². The highest BCUT2D eigenvalue weighted by Crippen LogP contribution is 2.23. The molecule has 4 aromatic rings. The summed E-state index contributed by atoms with van der Waals surface area (Å²) in [5.41, 5.74) is 3.19. The van der Waals surface area contributed by atoms with Gasteiger partial charge in [0.05, 0.1) is 22.6 Å². The van der Waals surface area contributed by atoms with Crippen LogP contribution in [0.1, 0.15) is 28.8 Å². The number of halogens is 3. The van der Waals surface area contributed by atoms with Crippen molar-refractivity contribution in [3.63, 3.8) is 0 Å². The summed E-state index contributed by atoms with van der Waals surface area (Å²) in [5.74, 6) is -0.0692. The van der Waals surface area contributed by atoms with Crippen LogP contribution in [0, 0.1) is 5.41 Å². The number of ketones is 1. The third-order valence-corrected chi connectivity index (χ3v) is 7.16. The van der Waals surface area contributed by atoms with E-state index in [1.165, 1.54) is 0 Å². The average molecular weight is 558 g/mol. The van der Waals surface area contributed by atoms with Crippen molar-refractivity contribution in [2.24, 2.45) is 0 Å². The number of fused-ring (bicyclic) bond motifs is 1. The van der Waals surface area contributed by atoms with Crippen LogP contribution in [0.2, 0.25) is 15.1 Å². The van der Waals surface area contributed by atoms with Gasteiger partial charge in [0, 0.05) is 42.2 Å². The number of nitrogens with one attached hydrogen (secondary N) is 1. The number of nitrogens with zero attached hydrogens (tertiary/aromatic N) is 3. The van der Waals surface area contributed by atoms with E-state index in [4.69, 9.17) is 40.2 Å². The predicted molar refractivity (Wildman–Crippen MR) is 149 cm³/mol. The molecular weight excluding hydrogens is 531 g/mol. The number of Topliss-reactive ketones (excluding diaryl/α,β-unsaturated/α-hetero) is 1. The van der Waals surface area contributed by atoms with Gasteiger partial charge in [0.1, 0.15) is 0 Å². The normalized spacial score (nSPS) is 11.1. The van der Waals surface area contributed by atoms with Crippen LogP contribution in [-0.2, 0) is 24.3 Å². The average Bonchev–Trinajstić information content (AvgIpc) is 3.15. The summed E-state index contributed by atoms with van der Waals surface area (Å²) in [5, 5.41) is 10.6. The molecule has 0 saturated carbocycles. The Bertz CT molecular complexity index is 1470. The minimum atomic E-state index is -0.125. The lowest BCUT2D eigenvalue weighted by Gasteiger charge is -2.17. The van der Waals surface area contributed by atoms with Crippen molar-refractivity contribution in [1.82, 2.24) is 14.0 Å². The standard InChI is InChI=1S/C28H27Cl3N4O2/c1-33(26(37)15-8-19-6-11-21(29)12-7-19)16-3-17-34-27-23(31)4-2-5-24(27)35(28(34)32)18-25(36)20-9-13-22(30)14-10-20/h2,4-7,9-14,32H,3,8,15-18H2,1H3. The van der Waals surface area contributed by atoms with Crippen molar-refractivity contribution in [3.05, 3.63) is 98.5 Å². The Kier molecular flexibility index (Phi) is 8.75. The van der Waals surface area contributed by atoms with Gasteiger partial charge >= 0.3 is 0 Å². The van der Waals surface area contributed by atoms with Gasteiger partial charge in [0.15, 0.2) is 5.78 Å². The van der Waals surface area contributed by atoms with Crippen LogP contribution in [0.25, 0.3) is 11.0 Å². The van der Waals surface area contributed by atoms with E-state index in [-0.39, 0.29) is 23.9 Å². The van der Waals surface area contributed by atoms with Crippen LogP contribution in [0.5, 0.6) is 0 Å². The molecule has 0 atom stereocenters. The summed E-state index contributed by atoms with van der Waals surface area (Å²) < 4.78 is 3.47. The monoisotopic (exact) mass is 556 g/mol. The minimum Gasteiger partial charge on any atom is -0.346 e. The van der Waals surface area contributed by atoms with Crippen LogP contribution >= 0.6 is 34.8 Å². The molecule has 0 fully saturated rings. The zero-order chi connectivity index (χ0) is 26.5. The molecule has 0 aliphatic heterocycles. The molecule has 0 radical (unpaired) electrons. The first-order valence-electron chi connectivity index (χ1n) is 11.9. The molecule has 9 heteroatoms. The molecule has 0 saturated heterocycles. The number of aromatic nitrogens is 2. The maximum Gasteiger partial charge on any atom is 0.222 e. The maximum absolute atomic E-state index is 12.9. The smallest absolute Gasteiger partial charge is 0.222 e. The first kappa shape index (κ1) is 27.0. The van der Waals surface area contributed by atoms with E-state index < -0.39 is 0 Å². The van der Waals surface area contributed by atoms with Crippen molar-refractivity contribution < 1.29 is 9.59 Å². The molecule has 6 nitrogen and oxygen atoms in total. The molecule has 1 aromatic heterocycles. The molecule has 1 N–H and O–H groups in total. The van der Waals surface area contributed by atoms with Gasteiger partial charge in [0.25, 0.3) is 0 Å². The SMILES string of the molecule is CN(CCCn1c(=N)n(CC(=O)c2ccc(Cl)cc2)c2cccc(Cl)c21)C(=O)CCc1ccc(Cl)cc1. The first-order chi connectivity index (χ1) is 17.7. The number of rotatable bonds is 10. The number of aryl methyl sites for hydroxylation is 2. The zero-order valence-electron chi connectivity index (χ0n) is 20.4. The Morgan fingerprint density at radius 1 is 0.892 bits per heavy atom. The number of imidazole rings is 1. The molecule has 0 unspecified atom stereocenters. The van der Waals surface area contributed by atoms with Gasteiger partial charge < -0.3 is 14.0 Å². The minimum absolute atomic E-state index is 0.00734. The van der Waals surface area contributed by atoms with Crippen molar-refractivity contribution in [3.8, 4) is 0 Å². The Morgan fingerprint density at radius 3 is 2.22 bits per heavy atom. The van der Waals surface area contributed by atoms with Gasteiger partial charge in [-0.25, -0.2) is 0 Å². The van der Waals surface area contributed by atoms with E-state index in [0.29, 0.717) is 64.0 Å². The van der Waals surface area contributed by atoms with Gasteiger partial charge in [-0.15, -0.1) is 0 Å². The predicted octanol–water partition coefficient (Wildman–Crippen LogP) is 6.25. The second kappa shape index (κ2) is 12.0. The van der Waals surface area contributed by atoms with E-state index in [1.807, 2.05) is 36.4 Å². The number of benzene rings is 3. The molecule has 0 aliphatic carbocycles. The second-order valence-electron chi connectivity index (χ2n) is 8.89. The number of amides is 1. The summed E-state index contributed by atoms with van der Waals surface area (Å²) in [7, 11) is 1.79. The van der Waals surface area contributed by atoms with Crippen LogP contribution < -0.4 is 5.62 Å². The Balaban J connectivity index is 1.44. The molecule has 1 heterocycles. The highest BCUT2D eigenvalue weighted by atomic mass is 35.5. The molecule has 1 amide bonds. The second-order valence-corrected chi connectivity index (χ2v) is 10.2. The Hall–Kier alpha value is -3.06. The molecule has 0 spiro atoms. The number of hydrogen-bond acceptors (Lipinski definition) is 3. The summed E-state index contributed by atoms with van der Waals surface area (Å²) in [4.78, 5) is 27.3. The van der Waals surface area contributed by atoms with Crippen LogP contribution in [-0.4, -0.2) is 39.3 Å². The van der Waals surface area contributed by atoms with Gasteiger partial charge in [-0.3, -0.25) is 15.0 Å². The van der Waals surface area contributed by atoms with E-state index in [1.54, 1.807) is 51.4 Å². The summed E-state index contributed by atoms with van der Waals surface area (Å²) in [6.45, 7) is 1.02. The first-order valence-corrected chi connectivity index (χ1v) is 13.1. The van der Waals surface area contributed by atoms with Crippen LogP contribution in [0.15, 0.2) is 66.7 Å². The third kappa shape index (κ3) is 6.45. The van der Waals surface area contributed by atoms with Gasteiger partial charge in [-0.05, 0) is 66.9 Å². The van der Waals surface area contributed by atoms with E-state index in [0.717, 1.165) is 5.56 Å². The van der Waals surface area contributed by atoms with E-state index >= 15 is 0 Å². The fourth-order valence-electron chi connectivity index (χ4n) is 4.29. The molecule has 4 rings (SSSR count). The van der Waals surface area contributed by atoms with Crippen molar-refractivity contribution >= 4 is 57.5 Å². The molecule has 0 aliphatic rings. The van der Waals surface area contributed by atoms with Crippen LogP contribution in [0.3, 0.4) is 0 Å². The lowest BCUT2D eigenvalue weighted by atomic mass is 10.1. The number of para-hydroxylation sites is 1. The van der Waals surface area contributed by atoms with Crippen molar-refractivity contribution in [2.45, 2.75) is 32.4 Å². The van der Waals surface area contributed by atoms with E-state index in [2.05, 4.69) is 0 Å². The largest absolute Gasteiger partial charge is 0.346 e. The maximum atomic E-state index is 12.9. The number of hydrogen-bond donors (Lipinski definition) is 1. The van der Waals surface area contributed by atoms with E-state index in [9.17, 15) is 9.59 Å². The fourth-order valence-corrected chi connectivity index (χ4v) is 4.81. The third-order valence-electron chi connectivity index (χ3n) is 6.35. The Morgan fingerprint density at radius 2 is 1.54 bits per heavy atom. The number of carbonyl (C=O) groups is 2. The lowest BCUT2D eigenvalue weighted by Crippen LogP contribution is -2.31. The zero-order valence-corrected chi connectivity index (χ0v) is 22.7. The van der Waals surface area contributed by atoms with Crippen molar-refractivity contribution in [1.29, 1.82) is 5.41 Å². The lowest BCUT2D eigenvalue weighted by molar-refractivity contribution is -0.129. The number of carbonyl (C=O) groups excluding carboxylic acids is 2. The Labute approximate surface area is 230 Å². The molecule has 0 bridgehead atoms. The summed E-state index contributed by atoms with van der Waals surface area (Å²) in [6, 6.07) is 19.7. The molecule has 3 aromatic carbocycles.